The number of hydrogen-bond acceptors (Lipinski definition) is 4. The van der Waals surface area contributed by atoms with Crippen molar-refractivity contribution in [3.63, 3.8) is 0 Å². The first kappa shape index (κ1) is 13.0. The summed E-state index contributed by atoms with van der Waals surface area (Å²) in [5.41, 5.74) is 2.79. The molecule has 0 spiro atoms. The molecule has 0 atom stereocenters. The number of pyridine rings is 1. The minimum Gasteiger partial charge on any atom is -0.487 e. The topological polar surface area (TPSA) is 77.2 Å². The van der Waals surface area contributed by atoms with E-state index in [1.165, 1.54) is 24.3 Å². The Morgan fingerprint density at radius 3 is 2.68 bits per heavy atom. The van der Waals surface area contributed by atoms with E-state index in [1.807, 2.05) is 5.43 Å². The van der Waals surface area contributed by atoms with Crippen LogP contribution in [0.2, 0.25) is 0 Å². The third kappa shape index (κ3) is 3.49. The number of benzene rings is 1. The Morgan fingerprint density at radius 1 is 1.26 bits per heavy atom. The minimum absolute atomic E-state index is 0.178. The molecule has 0 unspecified atom stereocenters. The third-order valence-corrected chi connectivity index (χ3v) is 2.37. The van der Waals surface area contributed by atoms with Crippen LogP contribution in [-0.4, -0.2) is 10.9 Å². The lowest BCUT2D eigenvalue weighted by Gasteiger charge is -2.06. The second kappa shape index (κ2) is 5.92. The molecule has 1 aromatic carbocycles. The van der Waals surface area contributed by atoms with Crippen LogP contribution in [0.15, 0.2) is 42.5 Å². The monoisotopic (exact) mass is 261 g/mol. The largest absolute Gasteiger partial charge is 0.487 e. The molecule has 5 nitrogen and oxygen atoms in total. The average molecular weight is 261 g/mol. The smallest absolute Gasteiger partial charge is 0.283 e. The number of nitrogens with two attached hydrogens (primary N) is 1. The molecule has 0 fully saturated rings. The molecule has 0 saturated heterocycles. The van der Waals surface area contributed by atoms with E-state index in [0.29, 0.717) is 11.4 Å². The zero-order valence-corrected chi connectivity index (χ0v) is 9.97. The highest BCUT2D eigenvalue weighted by Crippen LogP contribution is 2.13. The van der Waals surface area contributed by atoms with Crippen LogP contribution in [-0.2, 0) is 6.61 Å². The van der Waals surface area contributed by atoms with Gasteiger partial charge in [-0.1, -0.05) is 6.07 Å². The third-order valence-electron chi connectivity index (χ3n) is 2.37. The molecule has 98 valence electrons. The number of ether oxygens (including phenoxy) is 1. The summed E-state index contributed by atoms with van der Waals surface area (Å²) in [6.07, 6.45) is 0. The number of hydrogen-bond donors (Lipinski definition) is 2. The Bertz CT molecular complexity index is 572. The summed E-state index contributed by atoms with van der Waals surface area (Å²) in [5, 5.41) is 0. The summed E-state index contributed by atoms with van der Waals surface area (Å²) in [4.78, 5) is 15.4. The van der Waals surface area contributed by atoms with Gasteiger partial charge in [0.05, 0.1) is 5.69 Å². The Morgan fingerprint density at radius 2 is 2.00 bits per heavy atom. The molecular formula is C13H12FN3O2. The number of amides is 1. The fourth-order valence-corrected chi connectivity index (χ4v) is 1.45. The highest BCUT2D eigenvalue weighted by atomic mass is 19.1. The fourth-order valence-electron chi connectivity index (χ4n) is 1.45. The zero-order chi connectivity index (χ0) is 13.7. The fraction of sp³-hybridized carbons (Fsp3) is 0.0769. The molecule has 3 N–H and O–H groups in total. The normalized spacial score (nSPS) is 10.0. The van der Waals surface area contributed by atoms with Gasteiger partial charge >= 0.3 is 0 Å². The summed E-state index contributed by atoms with van der Waals surface area (Å²) in [6, 6.07) is 10.6. The first-order valence-electron chi connectivity index (χ1n) is 5.54. The van der Waals surface area contributed by atoms with Crippen molar-refractivity contribution in [2.75, 3.05) is 0 Å². The van der Waals surface area contributed by atoms with Crippen molar-refractivity contribution in [2.24, 2.45) is 5.84 Å². The summed E-state index contributed by atoms with van der Waals surface area (Å²) < 4.78 is 18.1. The predicted octanol–water partition coefficient (Wildman–Crippen LogP) is 1.40. The average Bonchev–Trinajstić information content (AvgIpc) is 2.46. The number of nitrogens with one attached hydrogen (secondary N) is 1. The van der Waals surface area contributed by atoms with Gasteiger partial charge in [0.1, 0.15) is 23.9 Å². The van der Waals surface area contributed by atoms with Crippen LogP contribution in [0.25, 0.3) is 0 Å². The maximum atomic E-state index is 12.7. The summed E-state index contributed by atoms with van der Waals surface area (Å²) in [5.74, 6) is 4.76. The van der Waals surface area contributed by atoms with Gasteiger partial charge in [0, 0.05) is 0 Å². The molecule has 0 radical (unpaired) electrons. The Kier molecular flexibility index (Phi) is 4.04. The molecule has 0 saturated carbocycles. The maximum Gasteiger partial charge on any atom is 0.283 e. The van der Waals surface area contributed by atoms with Crippen LogP contribution < -0.4 is 16.0 Å². The molecule has 2 rings (SSSR count). The van der Waals surface area contributed by atoms with Gasteiger partial charge in [-0.25, -0.2) is 15.2 Å². The standard InChI is InChI=1S/C13H12FN3O2/c14-9-4-6-11(7-5-9)19-8-10-2-1-3-12(16-10)13(18)17-15/h1-7H,8,15H2,(H,17,18). The molecule has 1 amide bonds. The minimum atomic E-state index is -0.469. The molecule has 19 heavy (non-hydrogen) atoms. The zero-order valence-electron chi connectivity index (χ0n) is 9.97. The van der Waals surface area contributed by atoms with E-state index >= 15 is 0 Å². The van der Waals surface area contributed by atoms with Gasteiger partial charge in [-0.15, -0.1) is 0 Å². The van der Waals surface area contributed by atoms with E-state index in [1.54, 1.807) is 18.2 Å². The quantitative estimate of drug-likeness (QED) is 0.495. The van der Waals surface area contributed by atoms with Crippen LogP contribution in [0.1, 0.15) is 16.2 Å². The van der Waals surface area contributed by atoms with Crippen molar-refractivity contribution < 1.29 is 13.9 Å². The predicted molar refractivity (Wildman–Crippen MR) is 66.6 cm³/mol. The van der Waals surface area contributed by atoms with Gasteiger partial charge in [0.2, 0.25) is 0 Å². The van der Waals surface area contributed by atoms with Gasteiger partial charge in [-0.2, -0.15) is 0 Å². The number of nitrogens with zero attached hydrogens (tertiary/aromatic N) is 1. The first-order valence-corrected chi connectivity index (χ1v) is 5.54. The van der Waals surface area contributed by atoms with Gasteiger partial charge in [0.15, 0.2) is 0 Å². The van der Waals surface area contributed by atoms with Crippen LogP contribution in [0.4, 0.5) is 4.39 Å². The van der Waals surface area contributed by atoms with Gasteiger partial charge < -0.3 is 4.74 Å². The number of hydrazine groups is 1. The number of carbonyl (C=O) groups is 1. The van der Waals surface area contributed by atoms with Gasteiger partial charge in [0.25, 0.3) is 5.91 Å². The van der Waals surface area contributed by atoms with E-state index in [2.05, 4.69) is 4.98 Å². The Labute approximate surface area is 109 Å². The van der Waals surface area contributed by atoms with Crippen molar-refractivity contribution in [2.45, 2.75) is 6.61 Å². The lowest BCUT2D eigenvalue weighted by Crippen LogP contribution is -2.30. The van der Waals surface area contributed by atoms with Crippen molar-refractivity contribution in [3.8, 4) is 5.75 Å². The molecule has 1 heterocycles. The second-order valence-electron chi connectivity index (χ2n) is 3.73. The van der Waals surface area contributed by atoms with Crippen LogP contribution in [0.5, 0.6) is 5.75 Å². The Hall–Kier alpha value is -2.47. The van der Waals surface area contributed by atoms with Crippen LogP contribution in [0, 0.1) is 5.82 Å². The Balaban J connectivity index is 2.03. The van der Waals surface area contributed by atoms with Crippen molar-refractivity contribution in [1.82, 2.24) is 10.4 Å². The lowest BCUT2D eigenvalue weighted by atomic mass is 10.3. The van der Waals surface area contributed by atoms with E-state index < -0.39 is 5.91 Å². The van der Waals surface area contributed by atoms with Crippen molar-refractivity contribution in [1.29, 1.82) is 0 Å². The molecule has 0 bridgehead atoms. The van der Waals surface area contributed by atoms with Crippen LogP contribution in [0.3, 0.4) is 0 Å². The van der Waals surface area contributed by atoms with Gasteiger partial charge in [-0.3, -0.25) is 10.2 Å². The second-order valence-corrected chi connectivity index (χ2v) is 3.73. The maximum absolute atomic E-state index is 12.7. The number of halogens is 1. The molecule has 0 aliphatic carbocycles. The van der Waals surface area contributed by atoms with Gasteiger partial charge in [-0.05, 0) is 36.4 Å². The van der Waals surface area contributed by atoms with Crippen molar-refractivity contribution >= 4 is 5.91 Å². The van der Waals surface area contributed by atoms with E-state index in [9.17, 15) is 9.18 Å². The number of aromatic nitrogens is 1. The van der Waals surface area contributed by atoms with Crippen LogP contribution >= 0.6 is 0 Å². The summed E-state index contributed by atoms with van der Waals surface area (Å²) >= 11 is 0. The molecule has 1 aromatic heterocycles. The number of rotatable bonds is 4. The first-order chi connectivity index (χ1) is 9.19. The highest BCUT2D eigenvalue weighted by Gasteiger charge is 2.06. The van der Waals surface area contributed by atoms with E-state index in [0.717, 1.165) is 0 Å². The number of nitrogen functional groups attached to an aromatic ring is 1. The lowest BCUT2D eigenvalue weighted by molar-refractivity contribution is 0.0948. The highest BCUT2D eigenvalue weighted by molar-refractivity contribution is 5.91. The summed E-state index contributed by atoms with van der Waals surface area (Å²) in [7, 11) is 0. The van der Waals surface area contributed by atoms with E-state index in [4.69, 9.17) is 10.6 Å². The summed E-state index contributed by atoms with van der Waals surface area (Å²) in [6.45, 7) is 0.178. The SMILES string of the molecule is NNC(=O)c1cccc(COc2ccc(F)cc2)n1. The number of carbonyl (C=O) groups excluding carboxylic acids is 1. The van der Waals surface area contributed by atoms with Crippen molar-refractivity contribution in [3.05, 3.63) is 59.7 Å². The molecule has 6 heteroatoms. The molecule has 2 aromatic rings. The molecule has 0 aliphatic heterocycles. The molecule has 0 aliphatic rings. The molecular weight excluding hydrogens is 249 g/mol. The van der Waals surface area contributed by atoms with E-state index in [-0.39, 0.29) is 18.1 Å².